The van der Waals surface area contributed by atoms with Crippen LogP contribution in [0.3, 0.4) is 0 Å². The lowest BCUT2D eigenvalue weighted by molar-refractivity contribution is -0.132. The summed E-state index contributed by atoms with van der Waals surface area (Å²) in [6, 6.07) is 5.82. The van der Waals surface area contributed by atoms with Crippen molar-refractivity contribution in [2.24, 2.45) is 0 Å². The van der Waals surface area contributed by atoms with Crippen LogP contribution in [0.25, 0.3) is 10.2 Å². The molecule has 29 heavy (non-hydrogen) atoms. The molecular formula is C20H20N4O4S. The van der Waals surface area contributed by atoms with E-state index in [1.807, 2.05) is 23.1 Å². The van der Waals surface area contributed by atoms with Crippen LogP contribution >= 0.6 is 11.5 Å². The van der Waals surface area contributed by atoms with Crippen molar-refractivity contribution in [2.45, 2.75) is 32.4 Å². The van der Waals surface area contributed by atoms with Crippen LogP contribution in [0.4, 0.5) is 0 Å². The van der Waals surface area contributed by atoms with Gasteiger partial charge in [0.1, 0.15) is 19.8 Å². The van der Waals surface area contributed by atoms with Crippen LogP contribution in [-0.4, -0.2) is 44.5 Å². The van der Waals surface area contributed by atoms with E-state index < -0.39 is 0 Å². The summed E-state index contributed by atoms with van der Waals surface area (Å²) >= 11 is 1.20. The number of amides is 1. The molecule has 1 aromatic carbocycles. The molecular weight excluding hydrogens is 392 g/mol. The zero-order valence-corrected chi connectivity index (χ0v) is 16.8. The van der Waals surface area contributed by atoms with Crippen molar-refractivity contribution in [1.29, 1.82) is 0 Å². The molecule has 8 nitrogen and oxygen atoms in total. The van der Waals surface area contributed by atoms with Gasteiger partial charge < -0.3 is 14.4 Å². The number of carbonyl (C=O) groups is 1. The highest BCUT2D eigenvalue weighted by atomic mass is 32.1. The van der Waals surface area contributed by atoms with Gasteiger partial charge in [0, 0.05) is 6.54 Å². The highest BCUT2D eigenvalue weighted by molar-refractivity contribution is 7.12. The second-order valence-corrected chi connectivity index (χ2v) is 8.03. The zero-order chi connectivity index (χ0) is 20.0. The maximum Gasteiger partial charge on any atom is 0.264 e. The van der Waals surface area contributed by atoms with Crippen molar-refractivity contribution in [2.75, 3.05) is 19.8 Å². The number of carbonyl (C=O) groups excluding carboxylic acids is 1. The largest absolute Gasteiger partial charge is 0.486 e. The molecule has 150 valence electrons. The van der Waals surface area contributed by atoms with Crippen molar-refractivity contribution in [3.05, 3.63) is 46.1 Å². The Morgan fingerprint density at radius 1 is 1.28 bits per heavy atom. The van der Waals surface area contributed by atoms with Crippen LogP contribution in [0, 0.1) is 6.92 Å². The summed E-state index contributed by atoms with van der Waals surface area (Å²) in [5, 5.41) is 0.495. The number of hydrogen-bond donors (Lipinski definition) is 0. The third-order valence-electron chi connectivity index (χ3n) is 5.46. The highest BCUT2D eigenvalue weighted by Crippen LogP contribution is 2.38. The molecule has 4 heterocycles. The molecule has 2 aromatic heterocycles. The second-order valence-electron chi connectivity index (χ2n) is 7.27. The number of rotatable bonds is 3. The maximum atomic E-state index is 13.1. The summed E-state index contributed by atoms with van der Waals surface area (Å²) in [5.41, 5.74) is 1.46. The summed E-state index contributed by atoms with van der Waals surface area (Å²) in [4.78, 5) is 32.6. The van der Waals surface area contributed by atoms with E-state index in [1.54, 1.807) is 6.92 Å². The lowest BCUT2D eigenvalue weighted by Gasteiger charge is -2.27. The van der Waals surface area contributed by atoms with E-state index >= 15 is 0 Å². The number of ether oxygens (including phenoxy) is 2. The molecule has 1 amide bonds. The van der Waals surface area contributed by atoms with E-state index in [9.17, 15) is 9.59 Å². The number of benzene rings is 1. The van der Waals surface area contributed by atoms with Crippen LogP contribution in [0.1, 0.15) is 30.1 Å². The molecule has 1 unspecified atom stereocenters. The Morgan fingerprint density at radius 3 is 2.97 bits per heavy atom. The van der Waals surface area contributed by atoms with E-state index in [0.717, 1.165) is 29.9 Å². The number of likely N-dealkylation sites (tertiary alicyclic amines) is 1. The van der Waals surface area contributed by atoms with Crippen molar-refractivity contribution in [3.63, 3.8) is 0 Å². The van der Waals surface area contributed by atoms with Crippen molar-refractivity contribution >= 4 is 27.7 Å². The van der Waals surface area contributed by atoms with E-state index in [0.29, 0.717) is 35.7 Å². The predicted molar refractivity (Wildman–Crippen MR) is 108 cm³/mol. The quantitative estimate of drug-likeness (QED) is 0.656. The molecule has 1 saturated heterocycles. The first-order valence-corrected chi connectivity index (χ1v) is 10.4. The van der Waals surface area contributed by atoms with Crippen molar-refractivity contribution in [1.82, 2.24) is 18.8 Å². The minimum atomic E-state index is -0.218. The van der Waals surface area contributed by atoms with Gasteiger partial charge in [-0.3, -0.25) is 14.2 Å². The topological polar surface area (TPSA) is 86.6 Å². The fourth-order valence-electron chi connectivity index (χ4n) is 4.04. The van der Waals surface area contributed by atoms with Gasteiger partial charge >= 0.3 is 0 Å². The Labute approximate surface area is 170 Å². The van der Waals surface area contributed by atoms with Gasteiger partial charge in [0.25, 0.3) is 5.56 Å². The van der Waals surface area contributed by atoms with E-state index in [1.165, 1.54) is 22.4 Å². The van der Waals surface area contributed by atoms with Crippen molar-refractivity contribution in [3.8, 4) is 11.5 Å². The van der Waals surface area contributed by atoms with Gasteiger partial charge in [-0.15, -0.1) is 0 Å². The molecule has 2 aliphatic heterocycles. The standard InChI is InChI=1S/C20H20N4O4S/c1-12-18-19(29-22-12)21-11-23(20(18)26)10-17(25)24-6-2-3-14(24)13-4-5-15-16(9-13)28-8-7-27-15/h4-5,9,11,14H,2-3,6-8,10H2,1H3. The minimum absolute atomic E-state index is 0.0297. The van der Waals surface area contributed by atoms with E-state index in [-0.39, 0.29) is 24.1 Å². The molecule has 5 rings (SSSR count). The Morgan fingerprint density at radius 2 is 2.10 bits per heavy atom. The van der Waals surface area contributed by atoms with E-state index in [2.05, 4.69) is 9.36 Å². The Balaban J connectivity index is 1.40. The molecule has 0 aliphatic carbocycles. The summed E-state index contributed by atoms with van der Waals surface area (Å²) < 4.78 is 16.8. The summed E-state index contributed by atoms with van der Waals surface area (Å²) in [6.07, 6.45) is 3.24. The fourth-order valence-corrected chi connectivity index (χ4v) is 4.77. The van der Waals surface area contributed by atoms with Gasteiger partial charge in [-0.1, -0.05) is 6.07 Å². The average Bonchev–Trinajstić information content (AvgIpc) is 3.37. The zero-order valence-electron chi connectivity index (χ0n) is 16.0. The van der Waals surface area contributed by atoms with Gasteiger partial charge in [0.15, 0.2) is 16.3 Å². The smallest absolute Gasteiger partial charge is 0.264 e. The van der Waals surface area contributed by atoms with E-state index in [4.69, 9.17) is 9.47 Å². The van der Waals surface area contributed by atoms with Crippen LogP contribution in [0.2, 0.25) is 0 Å². The maximum absolute atomic E-state index is 13.1. The number of hydrogen-bond acceptors (Lipinski definition) is 7. The third kappa shape index (κ3) is 3.15. The van der Waals surface area contributed by atoms with Crippen LogP contribution in [0.5, 0.6) is 11.5 Å². The first-order chi connectivity index (χ1) is 14.1. The molecule has 2 aliphatic rings. The minimum Gasteiger partial charge on any atom is -0.486 e. The van der Waals surface area contributed by atoms with Gasteiger partial charge in [0.2, 0.25) is 5.91 Å². The number of aryl methyl sites for hydroxylation is 1. The summed E-state index contributed by atoms with van der Waals surface area (Å²) in [7, 11) is 0. The Bertz CT molecular complexity index is 1160. The van der Waals surface area contributed by atoms with Crippen LogP contribution in [-0.2, 0) is 11.3 Å². The normalized spacial score (nSPS) is 18.4. The first-order valence-electron chi connectivity index (χ1n) is 9.62. The Kier molecular flexibility index (Phi) is 4.46. The van der Waals surface area contributed by atoms with Gasteiger partial charge in [0.05, 0.1) is 23.4 Å². The summed E-state index contributed by atoms with van der Waals surface area (Å²) in [5.74, 6) is 1.37. The van der Waals surface area contributed by atoms with Crippen LogP contribution in [0.15, 0.2) is 29.3 Å². The lowest BCUT2D eigenvalue weighted by atomic mass is 10.0. The molecule has 9 heteroatoms. The number of fused-ring (bicyclic) bond motifs is 2. The third-order valence-corrected chi connectivity index (χ3v) is 6.31. The molecule has 0 saturated carbocycles. The molecule has 0 bridgehead atoms. The SMILES string of the molecule is Cc1nsc2ncn(CC(=O)N3CCCC3c3ccc4c(c3)OCCO4)c(=O)c12. The molecule has 3 aromatic rings. The molecule has 1 atom stereocenters. The Hall–Kier alpha value is -2.94. The second kappa shape index (κ2) is 7.14. The monoisotopic (exact) mass is 412 g/mol. The molecule has 0 radical (unpaired) electrons. The first kappa shape index (κ1) is 18.1. The highest BCUT2D eigenvalue weighted by Gasteiger charge is 2.31. The number of nitrogens with zero attached hydrogens (tertiary/aromatic N) is 4. The molecule has 0 N–H and O–H groups in total. The molecule has 1 fully saturated rings. The lowest BCUT2D eigenvalue weighted by Crippen LogP contribution is -2.36. The predicted octanol–water partition coefficient (Wildman–Crippen LogP) is 2.30. The fraction of sp³-hybridized carbons (Fsp3) is 0.400. The molecule has 0 spiro atoms. The van der Waals surface area contributed by atoms with Gasteiger partial charge in [-0.2, -0.15) is 4.37 Å². The number of aromatic nitrogens is 3. The van der Waals surface area contributed by atoms with Crippen molar-refractivity contribution < 1.29 is 14.3 Å². The van der Waals surface area contributed by atoms with Gasteiger partial charge in [-0.25, -0.2) is 4.98 Å². The van der Waals surface area contributed by atoms with Gasteiger partial charge in [-0.05, 0) is 49.0 Å². The van der Waals surface area contributed by atoms with Crippen LogP contribution < -0.4 is 15.0 Å². The summed E-state index contributed by atoms with van der Waals surface area (Å²) in [6.45, 7) is 3.50. The average molecular weight is 412 g/mol.